The third-order valence-electron chi connectivity index (χ3n) is 8.05. The SMILES string of the molecule is O=C(c1ncn(C2CCC[C@H]2OCc2ccccc2)c1-c1ccccc1)N1CCNC[C@H]1Cc1ccccc1. The van der Waals surface area contributed by atoms with E-state index in [0.717, 1.165) is 50.0 Å². The Kier molecular flexibility index (Phi) is 7.84. The largest absolute Gasteiger partial charge is 0.371 e. The van der Waals surface area contributed by atoms with E-state index in [0.29, 0.717) is 18.8 Å². The predicted octanol–water partition coefficient (Wildman–Crippen LogP) is 5.52. The first-order valence-electron chi connectivity index (χ1n) is 14.1. The Hall–Kier alpha value is -3.74. The van der Waals surface area contributed by atoms with E-state index in [-0.39, 0.29) is 24.1 Å². The maximum atomic E-state index is 14.2. The lowest BCUT2D eigenvalue weighted by Crippen LogP contribution is -2.54. The zero-order chi connectivity index (χ0) is 26.4. The molecule has 0 spiro atoms. The van der Waals surface area contributed by atoms with E-state index in [1.165, 1.54) is 11.1 Å². The van der Waals surface area contributed by atoms with Crippen LogP contribution in [0, 0.1) is 0 Å². The average Bonchev–Trinajstić information content (AvgIpc) is 3.65. The molecule has 3 atom stereocenters. The molecule has 0 bridgehead atoms. The first-order chi connectivity index (χ1) is 19.3. The van der Waals surface area contributed by atoms with Crippen LogP contribution in [0.4, 0.5) is 0 Å². The van der Waals surface area contributed by atoms with Crippen LogP contribution in [0.1, 0.15) is 46.9 Å². The van der Waals surface area contributed by atoms with Gasteiger partial charge in [-0.2, -0.15) is 0 Å². The van der Waals surface area contributed by atoms with Gasteiger partial charge in [-0.3, -0.25) is 4.79 Å². The molecule has 1 aliphatic heterocycles. The number of piperazine rings is 1. The molecule has 3 aromatic carbocycles. The molecule has 6 heteroatoms. The molecule has 2 aliphatic rings. The molecule has 6 rings (SSSR count). The minimum absolute atomic E-state index is 0.00906. The van der Waals surface area contributed by atoms with E-state index in [1.54, 1.807) is 0 Å². The molecule has 1 N–H and O–H groups in total. The van der Waals surface area contributed by atoms with Crippen molar-refractivity contribution in [1.82, 2.24) is 19.8 Å². The van der Waals surface area contributed by atoms with Crippen LogP contribution in [-0.4, -0.2) is 52.1 Å². The van der Waals surface area contributed by atoms with E-state index < -0.39 is 0 Å². The minimum atomic E-state index is 0.00906. The van der Waals surface area contributed by atoms with Gasteiger partial charge >= 0.3 is 0 Å². The monoisotopic (exact) mass is 520 g/mol. The van der Waals surface area contributed by atoms with Gasteiger partial charge in [-0.05, 0) is 36.8 Å². The first-order valence-corrected chi connectivity index (χ1v) is 14.1. The summed E-state index contributed by atoms with van der Waals surface area (Å²) in [4.78, 5) is 21.0. The fourth-order valence-electron chi connectivity index (χ4n) is 6.08. The van der Waals surface area contributed by atoms with Crippen LogP contribution in [0.15, 0.2) is 97.3 Å². The standard InChI is InChI=1S/C33H36N4O2/c38-33(36-20-19-34-22-28(36)21-25-11-4-1-5-12-25)31-32(27-15-8-3-9-16-27)37(24-35-31)29-17-10-18-30(29)39-23-26-13-6-2-7-14-26/h1-9,11-16,24,28-30,34H,10,17-23H2/t28-,29?,30-/m1/s1. The molecular weight excluding hydrogens is 484 g/mol. The molecule has 1 aromatic heterocycles. The Morgan fingerprint density at radius 3 is 2.33 bits per heavy atom. The molecule has 2 fully saturated rings. The highest BCUT2D eigenvalue weighted by Crippen LogP contribution is 2.38. The van der Waals surface area contributed by atoms with E-state index in [9.17, 15) is 4.79 Å². The highest BCUT2D eigenvalue weighted by atomic mass is 16.5. The number of amides is 1. The van der Waals surface area contributed by atoms with Gasteiger partial charge in [0.05, 0.1) is 30.8 Å². The molecule has 0 radical (unpaired) electrons. The number of carbonyl (C=O) groups excluding carboxylic acids is 1. The zero-order valence-electron chi connectivity index (χ0n) is 22.3. The second kappa shape index (κ2) is 12.0. The van der Waals surface area contributed by atoms with Crippen molar-refractivity contribution in [2.24, 2.45) is 0 Å². The second-order valence-corrected chi connectivity index (χ2v) is 10.6. The van der Waals surface area contributed by atoms with Gasteiger partial charge < -0.3 is 19.5 Å². The summed E-state index contributed by atoms with van der Waals surface area (Å²) in [5, 5.41) is 3.48. The maximum absolute atomic E-state index is 14.2. The number of hydrogen-bond acceptors (Lipinski definition) is 4. The molecule has 1 saturated heterocycles. The van der Waals surface area contributed by atoms with Crippen molar-refractivity contribution < 1.29 is 9.53 Å². The molecular formula is C33H36N4O2. The lowest BCUT2D eigenvalue weighted by atomic mass is 10.0. The van der Waals surface area contributed by atoms with Crippen molar-refractivity contribution in [3.63, 3.8) is 0 Å². The Morgan fingerprint density at radius 2 is 1.59 bits per heavy atom. The Balaban J connectivity index is 1.30. The summed E-state index contributed by atoms with van der Waals surface area (Å²) < 4.78 is 8.69. The van der Waals surface area contributed by atoms with Crippen LogP contribution in [-0.2, 0) is 17.8 Å². The van der Waals surface area contributed by atoms with E-state index >= 15 is 0 Å². The number of hydrogen-bond donors (Lipinski definition) is 1. The fraction of sp³-hybridized carbons (Fsp3) is 0.333. The number of nitrogens with one attached hydrogen (secondary N) is 1. The topological polar surface area (TPSA) is 59.4 Å². The number of ether oxygens (including phenoxy) is 1. The second-order valence-electron chi connectivity index (χ2n) is 10.6. The van der Waals surface area contributed by atoms with E-state index in [1.807, 2.05) is 53.7 Å². The summed E-state index contributed by atoms with van der Waals surface area (Å²) >= 11 is 0. The van der Waals surface area contributed by atoms with Crippen LogP contribution in [0.2, 0.25) is 0 Å². The minimum Gasteiger partial charge on any atom is -0.371 e. The van der Waals surface area contributed by atoms with Gasteiger partial charge in [-0.25, -0.2) is 4.98 Å². The van der Waals surface area contributed by atoms with Crippen LogP contribution >= 0.6 is 0 Å². The van der Waals surface area contributed by atoms with E-state index in [2.05, 4.69) is 58.4 Å². The first kappa shape index (κ1) is 25.5. The van der Waals surface area contributed by atoms with Crippen molar-refractivity contribution in [3.8, 4) is 11.3 Å². The van der Waals surface area contributed by atoms with Gasteiger partial charge in [0.15, 0.2) is 5.69 Å². The molecule has 39 heavy (non-hydrogen) atoms. The summed E-state index contributed by atoms with van der Waals surface area (Å²) in [7, 11) is 0. The average molecular weight is 521 g/mol. The lowest BCUT2D eigenvalue weighted by Gasteiger charge is -2.36. The third kappa shape index (κ3) is 5.68. The number of rotatable bonds is 8. The normalized spacial score (nSPS) is 21.2. The number of carbonyl (C=O) groups is 1. The lowest BCUT2D eigenvalue weighted by molar-refractivity contribution is 0.0198. The summed E-state index contributed by atoms with van der Waals surface area (Å²) in [6.45, 7) is 2.82. The van der Waals surface area contributed by atoms with Crippen LogP contribution in [0.25, 0.3) is 11.3 Å². The summed E-state index contributed by atoms with van der Waals surface area (Å²) in [5.41, 5.74) is 4.87. The summed E-state index contributed by atoms with van der Waals surface area (Å²) in [6.07, 6.45) is 5.88. The molecule has 200 valence electrons. The van der Waals surface area contributed by atoms with Gasteiger partial charge in [0.1, 0.15) is 0 Å². The number of benzene rings is 3. The van der Waals surface area contributed by atoms with E-state index in [4.69, 9.17) is 9.72 Å². The van der Waals surface area contributed by atoms with Crippen LogP contribution in [0.5, 0.6) is 0 Å². The smallest absolute Gasteiger partial charge is 0.275 e. The summed E-state index contributed by atoms with van der Waals surface area (Å²) in [6, 6.07) is 31.2. The van der Waals surface area contributed by atoms with Gasteiger partial charge in [0.2, 0.25) is 0 Å². The van der Waals surface area contributed by atoms with Crippen molar-refractivity contribution >= 4 is 5.91 Å². The van der Waals surface area contributed by atoms with Crippen molar-refractivity contribution in [3.05, 3.63) is 114 Å². The highest BCUT2D eigenvalue weighted by Gasteiger charge is 2.35. The number of aromatic nitrogens is 2. The van der Waals surface area contributed by atoms with Gasteiger partial charge in [0.25, 0.3) is 5.91 Å². The third-order valence-corrected chi connectivity index (χ3v) is 8.05. The quantitative estimate of drug-likeness (QED) is 0.333. The number of imidazole rings is 1. The van der Waals surface area contributed by atoms with Crippen molar-refractivity contribution in [2.75, 3.05) is 19.6 Å². The molecule has 1 amide bonds. The van der Waals surface area contributed by atoms with Crippen molar-refractivity contribution in [2.45, 2.75) is 50.5 Å². The van der Waals surface area contributed by atoms with Crippen molar-refractivity contribution in [1.29, 1.82) is 0 Å². The maximum Gasteiger partial charge on any atom is 0.275 e. The zero-order valence-corrected chi connectivity index (χ0v) is 22.3. The van der Waals surface area contributed by atoms with Gasteiger partial charge in [0, 0.05) is 31.2 Å². The Labute approximate surface area is 230 Å². The molecule has 1 aliphatic carbocycles. The molecule has 6 nitrogen and oxygen atoms in total. The fourth-order valence-corrected chi connectivity index (χ4v) is 6.08. The highest BCUT2D eigenvalue weighted by molar-refractivity contribution is 5.98. The molecule has 4 aromatic rings. The Morgan fingerprint density at radius 1 is 0.897 bits per heavy atom. The molecule has 2 heterocycles. The summed E-state index contributed by atoms with van der Waals surface area (Å²) in [5.74, 6) is 0.00906. The molecule has 1 unspecified atom stereocenters. The van der Waals surface area contributed by atoms with Gasteiger partial charge in [-0.15, -0.1) is 0 Å². The van der Waals surface area contributed by atoms with Gasteiger partial charge in [-0.1, -0.05) is 91.0 Å². The Bertz CT molecular complexity index is 1360. The number of nitrogens with zero attached hydrogens (tertiary/aromatic N) is 3. The van der Waals surface area contributed by atoms with Crippen LogP contribution < -0.4 is 5.32 Å². The molecule has 1 saturated carbocycles. The predicted molar refractivity (Wildman–Crippen MR) is 153 cm³/mol. The van der Waals surface area contributed by atoms with Crippen LogP contribution in [0.3, 0.4) is 0 Å².